The van der Waals surface area contributed by atoms with Crippen molar-refractivity contribution in [2.75, 3.05) is 0 Å². The Hall–Kier alpha value is -3.45. The van der Waals surface area contributed by atoms with E-state index in [0.717, 1.165) is 28.2 Å². The number of rotatable bonds is 5. The molecule has 162 valence electrons. The highest BCUT2D eigenvalue weighted by molar-refractivity contribution is 7.17. The maximum atomic E-state index is 12.0. The van der Waals surface area contributed by atoms with Gasteiger partial charge in [0.2, 0.25) is 0 Å². The van der Waals surface area contributed by atoms with Gasteiger partial charge in [-0.15, -0.1) is 11.3 Å². The summed E-state index contributed by atoms with van der Waals surface area (Å²) in [6.45, 7) is 0. The Balaban J connectivity index is 1.70. The average molecular weight is 492 g/mol. The van der Waals surface area contributed by atoms with Gasteiger partial charge in [0.25, 0.3) is 0 Å². The van der Waals surface area contributed by atoms with Gasteiger partial charge in [-0.05, 0) is 36.4 Å². The number of benzene rings is 3. The Bertz CT molecular complexity index is 1440. The van der Waals surface area contributed by atoms with Crippen molar-refractivity contribution in [2.24, 2.45) is 0 Å². The van der Waals surface area contributed by atoms with Crippen molar-refractivity contribution in [3.63, 3.8) is 0 Å². The number of carboxylic acid groups (broad SMARTS) is 1. The Labute approximate surface area is 203 Å². The maximum Gasteiger partial charge on any atom is 0.348 e. The number of thiazole rings is 1. The zero-order valence-electron chi connectivity index (χ0n) is 16.9. The van der Waals surface area contributed by atoms with Crippen LogP contribution in [0.15, 0.2) is 85.1 Å². The molecule has 0 saturated carbocycles. The predicted molar refractivity (Wildman–Crippen MR) is 133 cm³/mol. The van der Waals surface area contributed by atoms with Crippen molar-refractivity contribution in [3.05, 3.63) is 100.0 Å². The van der Waals surface area contributed by atoms with E-state index in [9.17, 15) is 9.90 Å². The van der Waals surface area contributed by atoms with Crippen LogP contribution in [-0.4, -0.2) is 25.8 Å². The summed E-state index contributed by atoms with van der Waals surface area (Å²) in [6.07, 6.45) is 1.87. The Morgan fingerprint density at radius 3 is 1.97 bits per heavy atom. The number of halogens is 2. The van der Waals surface area contributed by atoms with Crippen LogP contribution in [0.2, 0.25) is 10.0 Å². The van der Waals surface area contributed by atoms with Crippen molar-refractivity contribution in [1.29, 1.82) is 0 Å². The minimum atomic E-state index is -1.04. The van der Waals surface area contributed by atoms with Gasteiger partial charge in [0.05, 0.1) is 16.9 Å². The van der Waals surface area contributed by atoms with E-state index in [1.807, 2.05) is 48.7 Å². The number of hydrogen-bond acceptors (Lipinski definition) is 4. The Morgan fingerprint density at radius 2 is 1.39 bits per heavy atom. The lowest BCUT2D eigenvalue weighted by molar-refractivity contribution is 0.0702. The molecular weight excluding hydrogens is 477 g/mol. The van der Waals surface area contributed by atoms with E-state index in [1.165, 1.54) is 0 Å². The Morgan fingerprint density at radius 1 is 0.818 bits per heavy atom. The molecule has 0 spiro atoms. The van der Waals surface area contributed by atoms with Gasteiger partial charge >= 0.3 is 5.97 Å². The van der Waals surface area contributed by atoms with Gasteiger partial charge in [0.1, 0.15) is 15.6 Å². The lowest BCUT2D eigenvalue weighted by atomic mass is 10.1. The topological polar surface area (TPSA) is 68.0 Å². The summed E-state index contributed by atoms with van der Waals surface area (Å²) in [5, 5.41) is 16.4. The van der Waals surface area contributed by atoms with Gasteiger partial charge in [-0.2, -0.15) is 5.10 Å². The summed E-state index contributed by atoms with van der Waals surface area (Å²) in [7, 11) is 0. The number of carbonyl (C=O) groups is 1. The summed E-state index contributed by atoms with van der Waals surface area (Å²) in [5.74, 6) is -1.04. The third-order valence-electron chi connectivity index (χ3n) is 5.02. The number of para-hydroxylation sites is 1. The predicted octanol–water partition coefficient (Wildman–Crippen LogP) is 7.33. The van der Waals surface area contributed by atoms with Gasteiger partial charge in [-0.25, -0.2) is 14.5 Å². The first-order chi connectivity index (χ1) is 16.0. The smallest absolute Gasteiger partial charge is 0.348 e. The normalized spacial score (nSPS) is 11.0. The third-order valence-corrected chi connectivity index (χ3v) is 6.60. The van der Waals surface area contributed by atoms with Crippen molar-refractivity contribution in [1.82, 2.24) is 14.8 Å². The minimum Gasteiger partial charge on any atom is -0.477 e. The highest BCUT2D eigenvalue weighted by Gasteiger charge is 2.23. The second-order valence-corrected chi connectivity index (χ2v) is 9.06. The maximum absolute atomic E-state index is 12.0. The fourth-order valence-electron chi connectivity index (χ4n) is 3.45. The molecule has 0 aliphatic rings. The summed E-state index contributed by atoms with van der Waals surface area (Å²) < 4.78 is 1.77. The highest BCUT2D eigenvalue weighted by Crippen LogP contribution is 2.39. The number of nitrogens with zero attached hydrogens (tertiary/aromatic N) is 3. The van der Waals surface area contributed by atoms with Crippen LogP contribution in [0.5, 0.6) is 0 Å². The largest absolute Gasteiger partial charge is 0.477 e. The monoisotopic (exact) mass is 491 g/mol. The number of aromatic carboxylic acids is 1. The third kappa shape index (κ3) is 4.28. The number of carboxylic acids is 1. The van der Waals surface area contributed by atoms with Gasteiger partial charge < -0.3 is 5.11 Å². The quantitative estimate of drug-likeness (QED) is 0.279. The second-order valence-electron chi connectivity index (χ2n) is 7.19. The molecule has 5 rings (SSSR count). The fraction of sp³-hybridized carbons (Fsp3) is 0. The molecular formula is C25H15Cl2N3O2S. The van der Waals surface area contributed by atoms with E-state index in [-0.39, 0.29) is 4.88 Å². The standard InChI is InChI=1S/C25H15Cl2N3O2S/c26-17-10-6-15(7-11-17)21-20(14-30(29-21)19-4-2-1-3-5-19)24-28-22(23(33-24)25(31)32)16-8-12-18(27)13-9-16/h1-14H,(H,31,32). The van der Waals surface area contributed by atoms with Crippen LogP contribution in [0.4, 0.5) is 0 Å². The van der Waals surface area contributed by atoms with Gasteiger partial charge in [0, 0.05) is 27.4 Å². The average Bonchev–Trinajstić information content (AvgIpc) is 3.46. The van der Waals surface area contributed by atoms with Crippen molar-refractivity contribution < 1.29 is 9.90 Å². The van der Waals surface area contributed by atoms with Crippen LogP contribution in [0, 0.1) is 0 Å². The number of aromatic nitrogens is 3. The first-order valence-electron chi connectivity index (χ1n) is 9.91. The lowest BCUT2D eigenvalue weighted by Crippen LogP contribution is -1.95. The van der Waals surface area contributed by atoms with E-state index in [4.69, 9.17) is 33.3 Å². The summed E-state index contributed by atoms with van der Waals surface area (Å²) in [6, 6.07) is 24.0. The lowest BCUT2D eigenvalue weighted by Gasteiger charge is -2.01. The first kappa shape index (κ1) is 21.4. The molecule has 0 amide bonds. The molecule has 5 aromatic rings. The van der Waals surface area contributed by atoms with Crippen LogP contribution in [0.1, 0.15) is 9.67 Å². The minimum absolute atomic E-state index is 0.154. The second kappa shape index (κ2) is 8.83. The summed E-state index contributed by atoms with van der Waals surface area (Å²) >= 11 is 13.2. The van der Waals surface area contributed by atoms with Gasteiger partial charge in [0.15, 0.2) is 0 Å². The molecule has 3 aromatic carbocycles. The molecule has 0 aliphatic carbocycles. The molecule has 0 atom stereocenters. The van der Waals surface area contributed by atoms with Crippen LogP contribution in [0.25, 0.3) is 38.8 Å². The van der Waals surface area contributed by atoms with Crippen LogP contribution >= 0.6 is 34.5 Å². The molecule has 0 aliphatic heterocycles. The van der Waals surface area contributed by atoms with E-state index in [1.54, 1.807) is 41.1 Å². The molecule has 2 aromatic heterocycles. The molecule has 33 heavy (non-hydrogen) atoms. The molecule has 0 saturated heterocycles. The van der Waals surface area contributed by atoms with Crippen molar-refractivity contribution in [2.45, 2.75) is 0 Å². The molecule has 0 fully saturated rings. The highest BCUT2D eigenvalue weighted by atomic mass is 35.5. The summed E-state index contributed by atoms with van der Waals surface area (Å²) in [4.78, 5) is 16.9. The number of hydrogen-bond donors (Lipinski definition) is 1. The van der Waals surface area contributed by atoms with Crippen molar-refractivity contribution >= 4 is 40.5 Å². The molecule has 5 nitrogen and oxygen atoms in total. The molecule has 0 radical (unpaired) electrons. The summed E-state index contributed by atoms with van der Waals surface area (Å²) in [5.41, 5.74) is 4.23. The van der Waals surface area contributed by atoms with Crippen LogP contribution in [0.3, 0.4) is 0 Å². The van der Waals surface area contributed by atoms with E-state index in [2.05, 4.69) is 0 Å². The van der Waals surface area contributed by atoms with Gasteiger partial charge in [-0.1, -0.05) is 65.7 Å². The molecule has 0 bridgehead atoms. The first-order valence-corrected chi connectivity index (χ1v) is 11.5. The molecule has 2 heterocycles. The molecule has 1 N–H and O–H groups in total. The molecule has 8 heteroatoms. The van der Waals surface area contributed by atoms with Crippen LogP contribution < -0.4 is 0 Å². The fourth-order valence-corrected chi connectivity index (χ4v) is 4.64. The zero-order valence-corrected chi connectivity index (χ0v) is 19.3. The Kier molecular flexibility index (Phi) is 5.72. The van der Waals surface area contributed by atoms with Crippen LogP contribution in [-0.2, 0) is 0 Å². The molecule has 0 unspecified atom stereocenters. The zero-order chi connectivity index (χ0) is 22.9. The van der Waals surface area contributed by atoms with Crippen molar-refractivity contribution in [3.8, 4) is 38.8 Å². The van der Waals surface area contributed by atoms with Gasteiger partial charge in [-0.3, -0.25) is 0 Å². The van der Waals surface area contributed by atoms with E-state index in [0.29, 0.717) is 32.0 Å². The van der Waals surface area contributed by atoms with E-state index >= 15 is 0 Å². The SMILES string of the molecule is O=C(O)c1sc(-c2cn(-c3ccccc3)nc2-c2ccc(Cl)cc2)nc1-c1ccc(Cl)cc1. The van der Waals surface area contributed by atoms with E-state index < -0.39 is 5.97 Å².